The Morgan fingerprint density at radius 1 is 1.30 bits per heavy atom. The van der Waals surface area contributed by atoms with Crippen LogP contribution in [0.3, 0.4) is 0 Å². The molecule has 2 aromatic rings. The van der Waals surface area contributed by atoms with Gasteiger partial charge in [-0.1, -0.05) is 48.3 Å². The molecular formula is C14H15BrClN3O. The third-order valence-corrected chi connectivity index (χ3v) is 3.43. The van der Waals surface area contributed by atoms with E-state index in [1.807, 2.05) is 6.07 Å². The highest BCUT2D eigenvalue weighted by atomic mass is 79.9. The molecule has 1 aromatic carbocycles. The van der Waals surface area contributed by atoms with Crippen molar-refractivity contribution < 1.29 is 4.79 Å². The van der Waals surface area contributed by atoms with Gasteiger partial charge in [0.25, 0.3) is 5.91 Å². The molecule has 2 N–H and O–H groups in total. The maximum Gasteiger partial charge on any atom is 0.256 e. The van der Waals surface area contributed by atoms with Crippen LogP contribution in [-0.2, 0) is 5.41 Å². The molecule has 0 fully saturated rings. The molecule has 0 aliphatic heterocycles. The first-order valence-corrected chi connectivity index (χ1v) is 7.26. The zero-order chi connectivity index (χ0) is 14.9. The molecule has 0 aliphatic carbocycles. The van der Waals surface area contributed by atoms with Gasteiger partial charge in [-0.05, 0) is 18.2 Å². The van der Waals surface area contributed by atoms with Crippen LogP contribution in [0.4, 0.5) is 5.82 Å². The molecule has 0 atom stereocenters. The number of halogens is 2. The van der Waals surface area contributed by atoms with Crippen molar-refractivity contribution in [1.29, 1.82) is 0 Å². The number of hydrogen-bond acceptors (Lipinski definition) is 2. The summed E-state index contributed by atoms with van der Waals surface area (Å²) in [5, 5.41) is 10.3. The summed E-state index contributed by atoms with van der Waals surface area (Å²) in [5.41, 5.74) is 1.39. The first kappa shape index (κ1) is 15.1. The number of aromatic amines is 1. The minimum absolute atomic E-state index is 0.0466. The Balaban J connectivity index is 2.17. The van der Waals surface area contributed by atoms with Gasteiger partial charge in [-0.15, -0.1) is 0 Å². The van der Waals surface area contributed by atoms with Crippen molar-refractivity contribution in [3.8, 4) is 0 Å². The highest BCUT2D eigenvalue weighted by Gasteiger charge is 2.17. The van der Waals surface area contributed by atoms with Crippen LogP contribution < -0.4 is 5.32 Å². The van der Waals surface area contributed by atoms with Gasteiger partial charge < -0.3 is 5.32 Å². The van der Waals surface area contributed by atoms with Gasteiger partial charge in [0.05, 0.1) is 0 Å². The topological polar surface area (TPSA) is 57.8 Å². The predicted molar refractivity (Wildman–Crippen MR) is 84.4 cm³/mol. The highest BCUT2D eigenvalue weighted by molar-refractivity contribution is 9.10. The molecule has 1 heterocycles. The lowest BCUT2D eigenvalue weighted by Gasteiger charge is -2.14. The number of benzene rings is 1. The second-order valence-corrected chi connectivity index (χ2v) is 6.88. The van der Waals surface area contributed by atoms with E-state index in [4.69, 9.17) is 11.6 Å². The smallest absolute Gasteiger partial charge is 0.256 e. The Kier molecular flexibility index (Phi) is 4.20. The van der Waals surface area contributed by atoms with Crippen molar-refractivity contribution in [2.24, 2.45) is 0 Å². The summed E-state index contributed by atoms with van der Waals surface area (Å²) < 4.78 is 0.757. The molecule has 0 aliphatic rings. The minimum Gasteiger partial charge on any atom is -0.305 e. The number of nitrogens with zero attached hydrogens (tertiary/aromatic N) is 1. The van der Waals surface area contributed by atoms with Crippen molar-refractivity contribution in [2.75, 3.05) is 5.32 Å². The molecule has 0 bridgehead atoms. The quantitative estimate of drug-likeness (QED) is 0.839. The molecule has 6 heteroatoms. The molecule has 0 radical (unpaired) electrons. The molecule has 20 heavy (non-hydrogen) atoms. The lowest BCUT2D eigenvalue weighted by atomic mass is 9.92. The summed E-state index contributed by atoms with van der Waals surface area (Å²) in [6.45, 7) is 6.21. The van der Waals surface area contributed by atoms with Crippen molar-refractivity contribution in [1.82, 2.24) is 10.2 Å². The van der Waals surface area contributed by atoms with Crippen molar-refractivity contribution in [3.05, 3.63) is 45.0 Å². The minimum atomic E-state index is -0.250. The van der Waals surface area contributed by atoms with Crippen LogP contribution in [0, 0.1) is 0 Å². The number of carbonyl (C=O) groups excluding carboxylic acids is 1. The number of H-pyrrole nitrogens is 1. The van der Waals surface area contributed by atoms with Crippen LogP contribution in [0.1, 0.15) is 36.8 Å². The maximum absolute atomic E-state index is 12.1. The molecule has 0 spiro atoms. The summed E-state index contributed by atoms with van der Waals surface area (Å²) in [4.78, 5) is 12.1. The summed E-state index contributed by atoms with van der Waals surface area (Å²) in [6.07, 6.45) is 0. The largest absolute Gasteiger partial charge is 0.305 e. The van der Waals surface area contributed by atoms with E-state index in [0.717, 1.165) is 10.2 Å². The van der Waals surface area contributed by atoms with Gasteiger partial charge in [-0.25, -0.2) is 0 Å². The number of rotatable bonds is 2. The van der Waals surface area contributed by atoms with Crippen molar-refractivity contribution in [2.45, 2.75) is 26.2 Å². The third kappa shape index (κ3) is 3.61. The highest BCUT2D eigenvalue weighted by Crippen LogP contribution is 2.23. The Labute approximate surface area is 131 Å². The number of anilines is 1. The fraction of sp³-hybridized carbons (Fsp3) is 0.286. The van der Waals surface area contributed by atoms with Crippen LogP contribution >= 0.6 is 27.5 Å². The second-order valence-electron chi connectivity index (χ2n) is 5.53. The van der Waals surface area contributed by atoms with E-state index in [-0.39, 0.29) is 11.3 Å². The first-order valence-electron chi connectivity index (χ1n) is 6.09. The predicted octanol–water partition coefficient (Wildman–Crippen LogP) is 4.38. The van der Waals surface area contributed by atoms with Crippen LogP contribution in [0.5, 0.6) is 0 Å². The molecule has 0 saturated heterocycles. The molecule has 0 unspecified atom stereocenters. The van der Waals surface area contributed by atoms with Crippen LogP contribution in [0.15, 0.2) is 28.7 Å². The summed E-state index contributed by atoms with van der Waals surface area (Å²) in [6, 6.07) is 6.87. The molecule has 4 nitrogen and oxygen atoms in total. The second kappa shape index (κ2) is 5.58. The van der Waals surface area contributed by atoms with Gasteiger partial charge in [0.15, 0.2) is 5.82 Å². The standard InChI is InChI=1S/C14H15BrClN3O/c1-14(2,3)11-7-12(19-18-11)17-13(20)8-4-9(15)6-10(16)5-8/h4-7H,1-3H3,(H2,17,18,19,20). The average molecular weight is 357 g/mol. The van der Waals surface area contributed by atoms with Crippen molar-refractivity contribution in [3.63, 3.8) is 0 Å². The van der Waals surface area contributed by atoms with Gasteiger partial charge in [0, 0.05) is 32.2 Å². The van der Waals surface area contributed by atoms with E-state index in [1.165, 1.54) is 0 Å². The molecule has 106 valence electrons. The van der Waals surface area contributed by atoms with E-state index >= 15 is 0 Å². The number of amides is 1. The van der Waals surface area contributed by atoms with Gasteiger partial charge >= 0.3 is 0 Å². The summed E-state index contributed by atoms with van der Waals surface area (Å²) >= 11 is 9.24. The van der Waals surface area contributed by atoms with Crippen LogP contribution in [0.2, 0.25) is 5.02 Å². The Hall–Kier alpha value is -1.33. The van der Waals surface area contributed by atoms with Crippen molar-refractivity contribution >= 4 is 39.3 Å². The normalized spacial score (nSPS) is 11.4. The zero-order valence-electron chi connectivity index (χ0n) is 11.4. The van der Waals surface area contributed by atoms with Gasteiger partial charge in [0.2, 0.25) is 0 Å². The average Bonchev–Trinajstić information content (AvgIpc) is 2.75. The number of hydrogen-bond donors (Lipinski definition) is 2. The van der Waals surface area contributed by atoms with E-state index in [9.17, 15) is 4.79 Å². The van der Waals surface area contributed by atoms with Gasteiger partial charge in [-0.3, -0.25) is 9.89 Å². The van der Waals surface area contributed by atoms with Crippen LogP contribution in [-0.4, -0.2) is 16.1 Å². The van der Waals surface area contributed by atoms with Crippen LogP contribution in [0.25, 0.3) is 0 Å². The maximum atomic E-state index is 12.1. The van der Waals surface area contributed by atoms with Gasteiger partial charge in [-0.2, -0.15) is 5.10 Å². The Bertz CT molecular complexity index is 626. The summed E-state index contributed by atoms with van der Waals surface area (Å²) in [5.74, 6) is 0.246. The summed E-state index contributed by atoms with van der Waals surface area (Å²) in [7, 11) is 0. The molecule has 0 saturated carbocycles. The number of carbonyl (C=O) groups is 1. The fourth-order valence-electron chi connectivity index (χ4n) is 1.64. The van der Waals surface area contributed by atoms with E-state index in [2.05, 4.69) is 52.2 Å². The molecule has 1 amide bonds. The SMILES string of the molecule is CC(C)(C)c1cc(NC(=O)c2cc(Cl)cc(Br)c2)n[nH]1. The van der Waals surface area contributed by atoms with E-state index < -0.39 is 0 Å². The Morgan fingerprint density at radius 3 is 2.55 bits per heavy atom. The lowest BCUT2D eigenvalue weighted by Crippen LogP contribution is -2.12. The molecular weight excluding hydrogens is 342 g/mol. The fourth-order valence-corrected chi connectivity index (χ4v) is 2.50. The van der Waals surface area contributed by atoms with E-state index in [1.54, 1.807) is 18.2 Å². The molecule has 2 rings (SSSR count). The number of nitrogens with one attached hydrogen (secondary N) is 2. The monoisotopic (exact) mass is 355 g/mol. The van der Waals surface area contributed by atoms with Gasteiger partial charge in [0.1, 0.15) is 0 Å². The Morgan fingerprint density at radius 2 is 2.00 bits per heavy atom. The van der Waals surface area contributed by atoms with E-state index in [0.29, 0.717) is 16.4 Å². The number of aromatic nitrogens is 2. The zero-order valence-corrected chi connectivity index (χ0v) is 13.8. The lowest BCUT2D eigenvalue weighted by molar-refractivity contribution is 0.102. The molecule has 1 aromatic heterocycles. The third-order valence-electron chi connectivity index (χ3n) is 2.75. The first-order chi connectivity index (χ1) is 9.25.